The molecule has 1 aromatic heterocycles. The maximum atomic E-state index is 11.9. The maximum absolute atomic E-state index is 11.9. The summed E-state index contributed by atoms with van der Waals surface area (Å²) in [6.07, 6.45) is 1.10. The van der Waals surface area contributed by atoms with Crippen LogP contribution in [0.5, 0.6) is 0 Å². The molecule has 98 valence electrons. The zero-order valence-corrected chi connectivity index (χ0v) is 10.9. The molecule has 0 bridgehead atoms. The predicted octanol–water partition coefficient (Wildman–Crippen LogP) is 1.68. The van der Waals surface area contributed by atoms with E-state index in [4.69, 9.17) is 5.11 Å². The van der Waals surface area contributed by atoms with Crippen LogP contribution in [0, 0.1) is 13.8 Å². The Hall–Kier alpha value is -1.91. The van der Waals surface area contributed by atoms with E-state index >= 15 is 0 Å². The SMILES string of the molecule is CCCC(NC(=O)c1cc(C)cc(C)n1)C(=O)O. The van der Waals surface area contributed by atoms with Gasteiger partial charge in [0.15, 0.2) is 0 Å². The number of carboxylic acids is 1. The summed E-state index contributed by atoms with van der Waals surface area (Å²) in [6.45, 7) is 5.54. The van der Waals surface area contributed by atoms with Gasteiger partial charge in [-0.2, -0.15) is 0 Å². The fourth-order valence-corrected chi connectivity index (χ4v) is 1.74. The number of carbonyl (C=O) groups excluding carboxylic acids is 1. The lowest BCUT2D eigenvalue weighted by molar-refractivity contribution is -0.139. The Labute approximate surface area is 106 Å². The molecule has 5 heteroatoms. The van der Waals surface area contributed by atoms with Gasteiger partial charge in [-0.3, -0.25) is 4.79 Å². The summed E-state index contributed by atoms with van der Waals surface area (Å²) in [5.41, 5.74) is 1.92. The van der Waals surface area contributed by atoms with Gasteiger partial charge in [0, 0.05) is 5.69 Å². The van der Waals surface area contributed by atoms with E-state index < -0.39 is 17.9 Å². The molecule has 0 saturated heterocycles. The highest BCUT2D eigenvalue weighted by Gasteiger charge is 2.20. The second-order valence-corrected chi connectivity index (χ2v) is 4.32. The van der Waals surface area contributed by atoms with Gasteiger partial charge >= 0.3 is 5.97 Å². The average molecular weight is 250 g/mol. The summed E-state index contributed by atoms with van der Waals surface area (Å²) in [7, 11) is 0. The molecule has 1 aromatic rings. The van der Waals surface area contributed by atoms with E-state index in [1.807, 2.05) is 19.9 Å². The zero-order chi connectivity index (χ0) is 13.7. The number of carbonyl (C=O) groups is 2. The zero-order valence-electron chi connectivity index (χ0n) is 10.9. The first-order chi connectivity index (χ1) is 8.43. The monoisotopic (exact) mass is 250 g/mol. The summed E-state index contributed by atoms with van der Waals surface area (Å²) in [6, 6.07) is 2.65. The molecule has 0 aliphatic heterocycles. The van der Waals surface area contributed by atoms with Gasteiger partial charge in [0.05, 0.1) is 0 Å². The van der Waals surface area contributed by atoms with Crippen LogP contribution in [0.3, 0.4) is 0 Å². The number of nitrogens with zero attached hydrogens (tertiary/aromatic N) is 1. The van der Waals surface area contributed by atoms with Gasteiger partial charge in [-0.25, -0.2) is 9.78 Å². The molecular weight excluding hydrogens is 232 g/mol. The van der Waals surface area contributed by atoms with Gasteiger partial charge in [0.1, 0.15) is 11.7 Å². The predicted molar refractivity (Wildman–Crippen MR) is 67.5 cm³/mol. The van der Waals surface area contributed by atoms with Crippen molar-refractivity contribution < 1.29 is 14.7 Å². The summed E-state index contributed by atoms with van der Waals surface area (Å²) in [4.78, 5) is 27.0. The van der Waals surface area contributed by atoms with Gasteiger partial charge in [-0.1, -0.05) is 13.3 Å². The first-order valence-electron chi connectivity index (χ1n) is 5.93. The van der Waals surface area contributed by atoms with Gasteiger partial charge in [-0.05, 0) is 38.0 Å². The Morgan fingerprint density at radius 2 is 2.06 bits per heavy atom. The summed E-state index contributed by atoms with van der Waals surface area (Å²) in [5.74, 6) is -1.46. The molecule has 1 heterocycles. The van der Waals surface area contributed by atoms with Crippen molar-refractivity contribution in [2.24, 2.45) is 0 Å². The van der Waals surface area contributed by atoms with Crippen molar-refractivity contribution in [3.63, 3.8) is 0 Å². The molecule has 0 aliphatic carbocycles. The van der Waals surface area contributed by atoms with E-state index in [0.717, 1.165) is 11.3 Å². The minimum absolute atomic E-state index is 0.259. The Balaban J connectivity index is 2.83. The van der Waals surface area contributed by atoms with E-state index in [2.05, 4.69) is 10.3 Å². The van der Waals surface area contributed by atoms with Crippen LogP contribution in [0.25, 0.3) is 0 Å². The van der Waals surface area contributed by atoms with Crippen molar-refractivity contribution in [3.05, 3.63) is 29.1 Å². The first kappa shape index (κ1) is 14.2. The van der Waals surface area contributed by atoms with Crippen LogP contribution in [0.15, 0.2) is 12.1 Å². The van der Waals surface area contributed by atoms with Crippen LogP contribution in [-0.2, 0) is 4.79 Å². The van der Waals surface area contributed by atoms with E-state index in [9.17, 15) is 9.59 Å². The highest BCUT2D eigenvalue weighted by atomic mass is 16.4. The number of aromatic nitrogens is 1. The molecule has 18 heavy (non-hydrogen) atoms. The molecule has 5 nitrogen and oxygen atoms in total. The Bertz CT molecular complexity index is 437. The van der Waals surface area contributed by atoms with Crippen LogP contribution >= 0.6 is 0 Å². The molecule has 0 aliphatic rings. The third kappa shape index (κ3) is 3.84. The number of amides is 1. The van der Waals surface area contributed by atoms with Crippen molar-refractivity contribution >= 4 is 11.9 Å². The Morgan fingerprint density at radius 1 is 1.39 bits per heavy atom. The Kier molecular flexibility index (Phi) is 4.83. The quantitative estimate of drug-likeness (QED) is 0.833. The van der Waals surface area contributed by atoms with Crippen molar-refractivity contribution in [1.29, 1.82) is 0 Å². The highest BCUT2D eigenvalue weighted by Crippen LogP contribution is 2.05. The second kappa shape index (κ2) is 6.14. The third-order valence-corrected chi connectivity index (χ3v) is 2.51. The molecule has 1 amide bonds. The summed E-state index contributed by atoms with van der Waals surface area (Å²) in [5, 5.41) is 11.5. The average Bonchev–Trinajstić information content (AvgIpc) is 2.26. The van der Waals surface area contributed by atoms with Crippen LogP contribution in [0.2, 0.25) is 0 Å². The molecule has 0 aromatic carbocycles. The first-order valence-corrected chi connectivity index (χ1v) is 5.93. The topological polar surface area (TPSA) is 79.3 Å². The van der Waals surface area contributed by atoms with E-state index in [0.29, 0.717) is 12.8 Å². The number of hydrogen-bond donors (Lipinski definition) is 2. The lowest BCUT2D eigenvalue weighted by atomic mass is 10.1. The normalized spacial score (nSPS) is 11.9. The maximum Gasteiger partial charge on any atom is 0.326 e. The molecule has 1 rings (SSSR count). The molecule has 0 saturated carbocycles. The fourth-order valence-electron chi connectivity index (χ4n) is 1.74. The van der Waals surface area contributed by atoms with Gasteiger partial charge in [0.2, 0.25) is 0 Å². The largest absolute Gasteiger partial charge is 0.480 e. The fraction of sp³-hybridized carbons (Fsp3) is 0.462. The van der Waals surface area contributed by atoms with Crippen molar-refractivity contribution in [3.8, 4) is 0 Å². The molecule has 1 unspecified atom stereocenters. The lowest BCUT2D eigenvalue weighted by Gasteiger charge is -2.13. The van der Waals surface area contributed by atoms with E-state index in [1.165, 1.54) is 0 Å². The molecule has 1 atom stereocenters. The van der Waals surface area contributed by atoms with Crippen LogP contribution in [0.1, 0.15) is 41.5 Å². The molecule has 2 N–H and O–H groups in total. The standard InChI is InChI=1S/C13H18N2O3/c1-4-5-10(13(17)18)15-12(16)11-7-8(2)6-9(3)14-11/h6-7,10H,4-5H2,1-3H3,(H,15,16)(H,17,18). The van der Waals surface area contributed by atoms with Crippen molar-refractivity contribution in [1.82, 2.24) is 10.3 Å². The smallest absolute Gasteiger partial charge is 0.326 e. The molecule has 0 radical (unpaired) electrons. The number of rotatable bonds is 5. The minimum Gasteiger partial charge on any atom is -0.480 e. The minimum atomic E-state index is -1.02. The second-order valence-electron chi connectivity index (χ2n) is 4.32. The third-order valence-electron chi connectivity index (χ3n) is 2.51. The molecule has 0 spiro atoms. The van der Waals surface area contributed by atoms with Gasteiger partial charge < -0.3 is 10.4 Å². The highest BCUT2D eigenvalue weighted by molar-refractivity contribution is 5.95. The van der Waals surface area contributed by atoms with Crippen LogP contribution in [0.4, 0.5) is 0 Å². The van der Waals surface area contributed by atoms with Crippen LogP contribution < -0.4 is 5.32 Å². The summed E-state index contributed by atoms with van der Waals surface area (Å²) >= 11 is 0. The van der Waals surface area contributed by atoms with Crippen molar-refractivity contribution in [2.75, 3.05) is 0 Å². The lowest BCUT2D eigenvalue weighted by Crippen LogP contribution is -2.41. The Morgan fingerprint density at radius 3 is 2.56 bits per heavy atom. The molecule has 0 fully saturated rings. The van der Waals surface area contributed by atoms with Gasteiger partial charge in [-0.15, -0.1) is 0 Å². The number of aryl methyl sites for hydroxylation is 2. The molecular formula is C13H18N2O3. The van der Waals surface area contributed by atoms with Gasteiger partial charge in [0.25, 0.3) is 5.91 Å². The number of hydrogen-bond acceptors (Lipinski definition) is 3. The van der Waals surface area contributed by atoms with E-state index in [-0.39, 0.29) is 5.69 Å². The number of aliphatic carboxylic acids is 1. The number of nitrogens with one attached hydrogen (secondary N) is 1. The number of carboxylic acid groups (broad SMARTS) is 1. The van der Waals surface area contributed by atoms with Crippen LogP contribution in [-0.4, -0.2) is 28.0 Å². The van der Waals surface area contributed by atoms with Crippen molar-refractivity contribution in [2.45, 2.75) is 39.7 Å². The summed E-state index contributed by atoms with van der Waals surface area (Å²) < 4.78 is 0. The van der Waals surface area contributed by atoms with E-state index in [1.54, 1.807) is 13.0 Å². The number of pyridine rings is 1.